The van der Waals surface area contributed by atoms with Crippen LogP contribution in [-0.4, -0.2) is 60.4 Å². The Bertz CT molecular complexity index is 654. The minimum Gasteiger partial charge on any atom is -0.468 e. The molecule has 0 bridgehead atoms. The maximum absolute atomic E-state index is 12.6. The molecule has 2 rings (SSSR count). The number of hydrogen-bond donors (Lipinski definition) is 0. The van der Waals surface area contributed by atoms with Gasteiger partial charge >= 0.3 is 11.9 Å². The molecule has 0 aromatic heterocycles. The molecule has 0 N–H and O–H groups in total. The van der Waals surface area contributed by atoms with E-state index in [-0.39, 0.29) is 17.5 Å². The Hall–Kier alpha value is -2.35. The lowest BCUT2D eigenvalue weighted by Crippen LogP contribution is -2.47. The molecule has 1 aliphatic rings. The van der Waals surface area contributed by atoms with E-state index in [0.717, 1.165) is 4.90 Å². The summed E-state index contributed by atoms with van der Waals surface area (Å²) in [6.45, 7) is 0. The number of fused-ring (bicyclic) bond motifs is 1. The van der Waals surface area contributed by atoms with E-state index >= 15 is 0 Å². The highest BCUT2D eigenvalue weighted by Gasteiger charge is 2.44. The van der Waals surface area contributed by atoms with E-state index in [1.54, 1.807) is 18.4 Å². The highest BCUT2D eigenvalue weighted by molar-refractivity contribution is 7.99. The molecule has 8 heteroatoms. The zero-order valence-electron chi connectivity index (χ0n) is 13.5. The van der Waals surface area contributed by atoms with Crippen LogP contribution in [-0.2, 0) is 19.1 Å². The van der Waals surface area contributed by atoms with Gasteiger partial charge in [-0.2, -0.15) is 11.8 Å². The third-order valence-electron chi connectivity index (χ3n) is 3.80. The van der Waals surface area contributed by atoms with Crippen molar-refractivity contribution in [1.29, 1.82) is 0 Å². The lowest BCUT2D eigenvalue weighted by molar-refractivity contribution is -0.146. The van der Waals surface area contributed by atoms with Crippen LogP contribution in [0.1, 0.15) is 27.1 Å². The van der Waals surface area contributed by atoms with Crippen LogP contribution in [0.2, 0.25) is 0 Å². The normalized spacial score (nSPS) is 15.7. The second-order valence-corrected chi connectivity index (χ2v) is 6.09. The van der Waals surface area contributed by atoms with Crippen molar-refractivity contribution in [3.63, 3.8) is 0 Å². The second kappa shape index (κ2) is 7.48. The van der Waals surface area contributed by atoms with Crippen molar-refractivity contribution >= 4 is 35.5 Å². The summed E-state index contributed by atoms with van der Waals surface area (Å²) in [7, 11) is 2.40. The minimum atomic E-state index is -1.20. The third-order valence-corrected chi connectivity index (χ3v) is 4.75. The maximum atomic E-state index is 12.6. The minimum absolute atomic E-state index is 0.0774. The van der Waals surface area contributed by atoms with Crippen LogP contribution in [0, 0.1) is 0 Å². The average Bonchev–Trinajstić information content (AvgIpc) is 2.86. The summed E-state index contributed by atoms with van der Waals surface area (Å²) in [5.41, 5.74) is 0.463. The number of methoxy groups -OCH3 is 2. The van der Waals surface area contributed by atoms with Crippen LogP contribution in [0.3, 0.4) is 0 Å². The molecule has 1 aromatic rings. The van der Waals surface area contributed by atoms with Gasteiger partial charge in [0.1, 0.15) is 11.3 Å². The Morgan fingerprint density at radius 2 is 1.54 bits per heavy atom. The quantitative estimate of drug-likeness (QED) is 0.560. The number of thioether (sulfide) groups is 1. The summed E-state index contributed by atoms with van der Waals surface area (Å²) in [5, 5.41) is -0.705. The van der Waals surface area contributed by atoms with Gasteiger partial charge in [0.25, 0.3) is 11.8 Å². The van der Waals surface area contributed by atoms with Gasteiger partial charge in [-0.25, -0.2) is 4.79 Å². The van der Waals surface area contributed by atoms with Crippen molar-refractivity contribution in [3.8, 4) is 0 Å². The smallest absolute Gasteiger partial charge is 0.329 e. The average molecular weight is 351 g/mol. The lowest BCUT2D eigenvalue weighted by Gasteiger charge is -2.26. The van der Waals surface area contributed by atoms with Gasteiger partial charge in [0.2, 0.25) is 0 Å². The molecule has 0 aliphatic carbocycles. The molecule has 0 fully saturated rings. The van der Waals surface area contributed by atoms with E-state index in [2.05, 4.69) is 0 Å². The zero-order chi connectivity index (χ0) is 17.9. The standard InChI is InChI=1S/C16H17NO6S/c1-22-15(20)11(8-12(24-3)16(21)23-2)17-13(18)9-6-4-5-7-10(9)14(17)19/h4-7,11-12H,8H2,1-3H3/t11-,12-/m0/s1. The SMILES string of the molecule is COC(=O)[C@H](C[C@@H](C(=O)OC)N1C(=O)c2ccccc2C1=O)SC. The first-order valence-electron chi connectivity index (χ1n) is 7.11. The van der Waals surface area contributed by atoms with Crippen LogP contribution in [0.25, 0.3) is 0 Å². The maximum Gasteiger partial charge on any atom is 0.329 e. The van der Waals surface area contributed by atoms with E-state index in [4.69, 9.17) is 9.47 Å². The van der Waals surface area contributed by atoms with Crippen molar-refractivity contribution in [1.82, 2.24) is 4.90 Å². The Morgan fingerprint density at radius 1 is 1.04 bits per heavy atom. The van der Waals surface area contributed by atoms with Gasteiger partial charge in [-0.15, -0.1) is 0 Å². The van der Waals surface area contributed by atoms with Crippen molar-refractivity contribution in [2.45, 2.75) is 17.7 Å². The fraction of sp³-hybridized carbons (Fsp3) is 0.375. The fourth-order valence-electron chi connectivity index (χ4n) is 2.56. The van der Waals surface area contributed by atoms with E-state index in [0.29, 0.717) is 0 Å². The number of carbonyl (C=O) groups is 4. The van der Waals surface area contributed by atoms with Gasteiger partial charge in [0, 0.05) is 6.42 Å². The van der Waals surface area contributed by atoms with Crippen LogP contribution in [0.4, 0.5) is 0 Å². The molecule has 0 saturated carbocycles. The van der Waals surface area contributed by atoms with Crippen LogP contribution in [0.15, 0.2) is 24.3 Å². The van der Waals surface area contributed by atoms with Gasteiger partial charge in [0.15, 0.2) is 0 Å². The first-order valence-corrected chi connectivity index (χ1v) is 8.40. The molecule has 0 saturated heterocycles. The van der Waals surface area contributed by atoms with Gasteiger partial charge in [-0.05, 0) is 18.4 Å². The highest BCUT2D eigenvalue weighted by Crippen LogP contribution is 2.28. The summed E-state index contributed by atoms with van der Waals surface area (Å²) in [5.74, 6) is -2.44. The van der Waals surface area contributed by atoms with Gasteiger partial charge in [-0.1, -0.05) is 12.1 Å². The summed E-state index contributed by atoms with van der Waals surface area (Å²) < 4.78 is 9.43. The molecule has 0 unspecified atom stereocenters. The van der Waals surface area contributed by atoms with Gasteiger partial charge in [-0.3, -0.25) is 19.3 Å². The number of benzene rings is 1. The van der Waals surface area contributed by atoms with E-state index in [9.17, 15) is 19.2 Å². The monoisotopic (exact) mass is 351 g/mol. The van der Waals surface area contributed by atoms with Crippen LogP contribution in [0.5, 0.6) is 0 Å². The Balaban J connectivity index is 2.36. The molecule has 2 atom stereocenters. The molecule has 0 spiro atoms. The molecule has 24 heavy (non-hydrogen) atoms. The molecule has 7 nitrogen and oxygen atoms in total. The number of hydrogen-bond acceptors (Lipinski definition) is 7. The predicted molar refractivity (Wildman–Crippen MR) is 86.7 cm³/mol. The predicted octanol–water partition coefficient (Wildman–Crippen LogP) is 1.12. The number of ether oxygens (including phenoxy) is 2. The van der Waals surface area contributed by atoms with Crippen molar-refractivity contribution in [2.75, 3.05) is 20.5 Å². The number of nitrogens with zero attached hydrogens (tertiary/aromatic N) is 1. The third kappa shape index (κ3) is 3.14. The largest absolute Gasteiger partial charge is 0.468 e. The molecule has 128 valence electrons. The number of amides is 2. The Morgan fingerprint density at radius 3 is 1.96 bits per heavy atom. The van der Waals surface area contributed by atoms with E-state index in [1.165, 1.54) is 38.1 Å². The second-order valence-electron chi connectivity index (χ2n) is 5.05. The first-order chi connectivity index (χ1) is 11.5. The number of imide groups is 1. The topological polar surface area (TPSA) is 90.0 Å². The van der Waals surface area contributed by atoms with Gasteiger partial charge in [0.05, 0.1) is 25.3 Å². The molecule has 2 amide bonds. The highest BCUT2D eigenvalue weighted by atomic mass is 32.2. The van der Waals surface area contributed by atoms with Crippen LogP contribution >= 0.6 is 11.8 Å². The first kappa shape index (κ1) is 18.0. The Kier molecular flexibility index (Phi) is 5.61. The molecular weight excluding hydrogens is 334 g/mol. The van der Waals surface area contributed by atoms with Gasteiger partial charge < -0.3 is 9.47 Å². The van der Waals surface area contributed by atoms with E-state index in [1.807, 2.05) is 0 Å². The molecule has 1 heterocycles. The number of esters is 2. The Labute approximate surface area is 143 Å². The molecule has 1 aromatic carbocycles. The summed E-state index contributed by atoms with van der Waals surface area (Å²) in [4.78, 5) is 49.9. The van der Waals surface area contributed by atoms with Crippen molar-refractivity contribution < 1.29 is 28.7 Å². The van der Waals surface area contributed by atoms with Crippen LogP contribution < -0.4 is 0 Å². The summed E-state index contributed by atoms with van der Waals surface area (Å²) in [6.07, 6.45) is 1.60. The number of rotatable bonds is 6. The molecule has 1 aliphatic heterocycles. The number of carbonyl (C=O) groups excluding carboxylic acids is 4. The lowest BCUT2D eigenvalue weighted by atomic mass is 10.1. The molecule has 0 radical (unpaired) electrons. The van der Waals surface area contributed by atoms with Crippen molar-refractivity contribution in [2.24, 2.45) is 0 Å². The zero-order valence-corrected chi connectivity index (χ0v) is 14.3. The summed E-state index contributed by atoms with van der Waals surface area (Å²) in [6, 6.07) is 5.13. The van der Waals surface area contributed by atoms with E-state index < -0.39 is 35.0 Å². The van der Waals surface area contributed by atoms with Crippen molar-refractivity contribution in [3.05, 3.63) is 35.4 Å². The molecular formula is C16H17NO6S. The fourth-order valence-corrected chi connectivity index (χ4v) is 3.22. The summed E-state index contributed by atoms with van der Waals surface area (Å²) >= 11 is 1.17.